The molecule has 3 aliphatic rings. The summed E-state index contributed by atoms with van der Waals surface area (Å²) in [5, 5.41) is 0. The summed E-state index contributed by atoms with van der Waals surface area (Å²) in [6.45, 7) is 4.69. The minimum atomic E-state index is 0.784. The fourth-order valence-corrected chi connectivity index (χ4v) is 3.50. The first-order valence-corrected chi connectivity index (χ1v) is 5.56. The molecular formula is C8H12INO. The van der Waals surface area contributed by atoms with Gasteiger partial charge < -0.3 is 4.74 Å². The van der Waals surface area contributed by atoms with Crippen molar-refractivity contribution in [2.45, 2.75) is 9.97 Å². The first-order valence-electron chi connectivity index (χ1n) is 4.32. The molecule has 3 rings (SSSR count). The van der Waals surface area contributed by atoms with Gasteiger partial charge in [0.05, 0.1) is 19.3 Å². The lowest BCUT2D eigenvalue weighted by Crippen LogP contribution is -2.48. The summed E-state index contributed by atoms with van der Waals surface area (Å²) in [5.74, 6) is 2.08. The van der Waals surface area contributed by atoms with Crippen molar-refractivity contribution in [1.82, 2.24) is 4.90 Å². The topological polar surface area (TPSA) is 12.5 Å². The van der Waals surface area contributed by atoms with Gasteiger partial charge in [-0.1, -0.05) is 22.6 Å². The monoisotopic (exact) mass is 265 g/mol. The van der Waals surface area contributed by atoms with Gasteiger partial charge in [0.1, 0.15) is 0 Å². The lowest BCUT2D eigenvalue weighted by atomic mass is 10.2. The minimum Gasteiger partial charge on any atom is -0.378 e. The number of halogens is 1. The van der Waals surface area contributed by atoms with E-state index in [1.807, 2.05) is 0 Å². The van der Waals surface area contributed by atoms with E-state index in [1.54, 1.807) is 0 Å². The highest BCUT2D eigenvalue weighted by Crippen LogP contribution is 2.51. The molecule has 1 saturated carbocycles. The largest absolute Gasteiger partial charge is 0.378 e. The van der Waals surface area contributed by atoms with E-state index in [4.69, 9.17) is 4.74 Å². The van der Waals surface area contributed by atoms with E-state index in [0.717, 1.165) is 35.0 Å². The maximum atomic E-state index is 5.18. The zero-order chi connectivity index (χ0) is 7.42. The molecule has 2 nitrogen and oxygen atoms in total. The lowest BCUT2D eigenvalue weighted by Gasteiger charge is -2.35. The highest BCUT2D eigenvalue weighted by Gasteiger charge is 2.55. The third-order valence-electron chi connectivity index (χ3n) is 3.25. The van der Waals surface area contributed by atoms with Gasteiger partial charge in [-0.3, -0.25) is 4.90 Å². The Balaban J connectivity index is 1.60. The van der Waals surface area contributed by atoms with Crippen molar-refractivity contribution in [3.8, 4) is 0 Å². The Bertz CT molecular complexity index is 171. The van der Waals surface area contributed by atoms with E-state index in [9.17, 15) is 0 Å². The van der Waals surface area contributed by atoms with Crippen LogP contribution in [0, 0.1) is 11.8 Å². The Labute approximate surface area is 80.4 Å². The van der Waals surface area contributed by atoms with Gasteiger partial charge in [0, 0.05) is 17.0 Å². The average Bonchev–Trinajstić information content (AvgIpc) is 2.42. The molecule has 2 aliphatic heterocycles. The van der Waals surface area contributed by atoms with Crippen LogP contribution in [-0.2, 0) is 4.74 Å². The van der Waals surface area contributed by atoms with Crippen molar-refractivity contribution in [2.75, 3.05) is 26.3 Å². The molecule has 0 aromatic carbocycles. The van der Waals surface area contributed by atoms with Crippen LogP contribution in [0.1, 0.15) is 0 Å². The second-order valence-corrected chi connectivity index (χ2v) is 5.36. The van der Waals surface area contributed by atoms with Crippen molar-refractivity contribution in [3.63, 3.8) is 0 Å². The third kappa shape index (κ3) is 0.971. The van der Waals surface area contributed by atoms with Crippen LogP contribution < -0.4 is 0 Å². The molecule has 0 spiro atoms. The Morgan fingerprint density at radius 2 is 1.82 bits per heavy atom. The van der Waals surface area contributed by atoms with Gasteiger partial charge in [-0.25, -0.2) is 0 Å². The van der Waals surface area contributed by atoms with Gasteiger partial charge in [-0.05, 0) is 11.8 Å². The highest BCUT2D eigenvalue weighted by molar-refractivity contribution is 14.1. The number of piperidine rings is 1. The molecule has 0 aromatic heterocycles. The maximum absolute atomic E-state index is 5.18. The molecule has 3 heteroatoms. The Kier molecular flexibility index (Phi) is 1.50. The van der Waals surface area contributed by atoms with Gasteiger partial charge >= 0.3 is 0 Å². The van der Waals surface area contributed by atoms with Crippen LogP contribution in [0.15, 0.2) is 0 Å². The Morgan fingerprint density at radius 1 is 1.18 bits per heavy atom. The summed E-state index contributed by atoms with van der Waals surface area (Å²) in [7, 11) is 0. The molecule has 0 aromatic rings. The first kappa shape index (κ1) is 7.09. The molecule has 0 radical (unpaired) electrons. The average molecular weight is 265 g/mol. The van der Waals surface area contributed by atoms with Gasteiger partial charge in [-0.2, -0.15) is 0 Å². The number of likely N-dealkylation sites (tertiary alicyclic amines) is 1. The van der Waals surface area contributed by atoms with E-state index in [1.165, 1.54) is 13.1 Å². The summed E-state index contributed by atoms with van der Waals surface area (Å²) in [4.78, 5) is 2.62. The molecular weight excluding hydrogens is 253 g/mol. The summed E-state index contributed by atoms with van der Waals surface area (Å²) in [6, 6.07) is 0.784. The molecule has 3 atom stereocenters. The smallest absolute Gasteiger partial charge is 0.0645 e. The normalized spacial score (nSPS) is 50.5. The SMILES string of the molecule is IC1C2CN(C3COC3)C[C@@H]12. The Morgan fingerprint density at radius 3 is 2.27 bits per heavy atom. The lowest BCUT2D eigenvalue weighted by molar-refractivity contribution is -0.0602. The standard InChI is InChI=1S/C8H12INO/c9-8-6-1-10(2-7(6)8)5-3-11-4-5/h5-8H,1-4H2/t6-,7?,8?/m1/s1. The zero-order valence-corrected chi connectivity index (χ0v) is 8.53. The molecule has 1 aliphatic carbocycles. The van der Waals surface area contributed by atoms with Crippen LogP contribution in [0.3, 0.4) is 0 Å². The highest BCUT2D eigenvalue weighted by atomic mass is 127. The number of ether oxygens (including phenoxy) is 1. The summed E-state index contributed by atoms with van der Waals surface area (Å²) in [6.07, 6.45) is 0. The second kappa shape index (κ2) is 2.33. The fourth-order valence-electron chi connectivity index (χ4n) is 2.22. The molecule has 2 heterocycles. The van der Waals surface area contributed by atoms with E-state index >= 15 is 0 Å². The van der Waals surface area contributed by atoms with E-state index in [2.05, 4.69) is 27.5 Å². The van der Waals surface area contributed by atoms with Gasteiger partial charge in [0.15, 0.2) is 0 Å². The molecule has 0 N–H and O–H groups in total. The van der Waals surface area contributed by atoms with Crippen molar-refractivity contribution < 1.29 is 4.74 Å². The van der Waals surface area contributed by atoms with Crippen molar-refractivity contribution in [3.05, 3.63) is 0 Å². The van der Waals surface area contributed by atoms with Crippen molar-refractivity contribution in [2.24, 2.45) is 11.8 Å². The third-order valence-corrected chi connectivity index (χ3v) is 5.10. The molecule has 2 unspecified atom stereocenters. The molecule has 0 amide bonds. The summed E-state index contributed by atoms with van der Waals surface area (Å²) < 4.78 is 6.19. The van der Waals surface area contributed by atoms with Gasteiger partial charge in [-0.15, -0.1) is 0 Å². The molecule has 0 bridgehead atoms. The van der Waals surface area contributed by atoms with Crippen LogP contribution in [-0.4, -0.2) is 41.2 Å². The zero-order valence-electron chi connectivity index (χ0n) is 6.37. The molecule has 11 heavy (non-hydrogen) atoms. The van der Waals surface area contributed by atoms with E-state index in [0.29, 0.717) is 0 Å². The van der Waals surface area contributed by atoms with Crippen LogP contribution in [0.25, 0.3) is 0 Å². The molecule has 2 saturated heterocycles. The minimum absolute atomic E-state index is 0.784. The van der Waals surface area contributed by atoms with Crippen molar-refractivity contribution in [1.29, 1.82) is 0 Å². The van der Waals surface area contributed by atoms with Gasteiger partial charge in [0.25, 0.3) is 0 Å². The number of fused-ring (bicyclic) bond motifs is 1. The number of hydrogen-bond donors (Lipinski definition) is 0. The quantitative estimate of drug-likeness (QED) is 0.512. The molecule has 62 valence electrons. The molecule has 3 fully saturated rings. The van der Waals surface area contributed by atoms with Crippen LogP contribution in [0.5, 0.6) is 0 Å². The predicted molar refractivity (Wildman–Crippen MR) is 51.0 cm³/mol. The summed E-state index contributed by atoms with van der Waals surface area (Å²) >= 11 is 2.60. The second-order valence-electron chi connectivity index (χ2n) is 3.92. The van der Waals surface area contributed by atoms with Gasteiger partial charge in [0.2, 0.25) is 0 Å². The predicted octanol–water partition coefficient (Wildman–Crippen LogP) is 0.750. The number of alkyl halides is 1. The number of hydrogen-bond acceptors (Lipinski definition) is 2. The summed E-state index contributed by atoms with van der Waals surface area (Å²) in [5.41, 5.74) is 0. The first-order chi connectivity index (χ1) is 5.36. The maximum Gasteiger partial charge on any atom is 0.0645 e. The van der Waals surface area contributed by atoms with Crippen LogP contribution in [0.2, 0.25) is 0 Å². The number of nitrogens with zero attached hydrogens (tertiary/aromatic N) is 1. The number of rotatable bonds is 1. The fraction of sp³-hybridized carbons (Fsp3) is 1.00. The van der Waals surface area contributed by atoms with Crippen molar-refractivity contribution >= 4 is 22.6 Å². The van der Waals surface area contributed by atoms with Crippen LogP contribution in [0.4, 0.5) is 0 Å². The van der Waals surface area contributed by atoms with E-state index in [-0.39, 0.29) is 0 Å². The Hall–Kier alpha value is 0.650. The van der Waals surface area contributed by atoms with Crippen LogP contribution >= 0.6 is 22.6 Å². The van der Waals surface area contributed by atoms with E-state index < -0.39 is 0 Å².